The molecule has 0 saturated carbocycles. The van der Waals surface area contributed by atoms with Crippen LogP contribution in [0.5, 0.6) is 0 Å². The quantitative estimate of drug-likeness (QED) is 0.854. The van der Waals surface area contributed by atoms with Crippen molar-refractivity contribution in [1.29, 1.82) is 0 Å². The van der Waals surface area contributed by atoms with E-state index in [9.17, 15) is 18.0 Å². The summed E-state index contributed by atoms with van der Waals surface area (Å²) in [5, 5.41) is 0. The van der Waals surface area contributed by atoms with Crippen LogP contribution in [-0.2, 0) is 6.18 Å². The van der Waals surface area contributed by atoms with Gasteiger partial charge in [-0.2, -0.15) is 13.2 Å². The van der Waals surface area contributed by atoms with Crippen LogP contribution >= 0.6 is 0 Å². The van der Waals surface area contributed by atoms with Gasteiger partial charge in [0.1, 0.15) is 0 Å². The number of carbonyl (C=O) groups excluding carboxylic acids is 1. The Labute approximate surface area is 126 Å². The van der Waals surface area contributed by atoms with E-state index in [0.29, 0.717) is 12.0 Å². The minimum atomic E-state index is -4.47. The molecule has 0 aliphatic rings. The van der Waals surface area contributed by atoms with E-state index in [2.05, 4.69) is 0 Å². The van der Waals surface area contributed by atoms with Gasteiger partial charge in [-0.05, 0) is 30.2 Å². The maximum Gasteiger partial charge on any atom is 0.416 e. The minimum absolute atomic E-state index is 0.0112. The normalized spacial score (nSPS) is 13.0. The van der Waals surface area contributed by atoms with Crippen molar-refractivity contribution in [3.05, 3.63) is 70.8 Å². The lowest BCUT2D eigenvalue weighted by atomic mass is 9.97. The van der Waals surface area contributed by atoms with Crippen LogP contribution < -0.4 is 5.73 Å². The van der Waals surface area contributed by atoms with E-state index >= 15 is 0 Å². The smallest absolute Gasteiger partial charge is 0.324 e. The molecule has 0 fully saturated rings. The van der Waals surface area contributed by atoms with E-state index in [1.54, 1.807) is 24.3 Å². The molecule has 116 valence electrons. The maximum absolute atomic E-state index is 12.7. The molecule has 22 heavy (non-hydrogen) atoms. The number of hydrogen-bond acceptors (Lipinski definition) is 2. The van der Waals surface area contributed by atoms with E-state index in [1.165, 1.54) is 12.1 Å². The van der Waals surface area contributed by atoms with Crippen molar-refractivity contribution in [2.45, 2.75) is 25.6 Å². The molecule has 0 aliphatic heterocycles. The van der Waals surface area contributed by atoms with Gasteiger partial charge >= 0.3 is 6.18 Å². The molecule has 5 heteroatoms. The Bertz CT molecular complexity index is 680. The van der Waals surface area contributed by atoms with Crippen molar-refractivity contribution >= 4 is 5.78 Å². The second-order valence-electron chi connectivity index (χ2n) is 5.05. The van der Waals surface area contributed by atoms with Crippen molar-refractivity contribution in [3.63, 3.8) is 0 Å². The number of ketones is 1. The predicted octanol–water partition coefficient (Wildman–Crippen LogP) is 4.35. The van der Waals surface area contributed by atoms with Gasteiger partial charge in [0.25, 0.3) is 0 Å². The summed E-state index contributed by atoms with van der Waals surface area (Å²) in [6, 6.07) is 10.9. The summed E-state index contributed by atoms with van der Waals surface area (Å²) in [6.45, 7) is 1.92. The largest absolute Gasteiger partial charge is 0.416 e. The number of hydrogen-bond donors (Lipinski definition) is 1. The number of nitrogens with two attached hydrogens (primary N) is 1. The van der Waals surface area contributed by atoms with Crippen LogP contribution in [0.25, 0.3) is 0 Å². The molecular formula is C17H16F3NO. The van der Waals surface area contributed by atoms with Gasteiger partial charge in [-0.1, -0.05) is 37.3 Å². The van der Waals surface area contributed by atoms with Gasteiger partial charge in [-0.25, -0.2) is 0 Å². The van der Waals surface area contributed by atoms with Gasteiger partial charge in [0.2, 0.25) is 0 Å². The molecule has 0 spiro atoms. The molecule has 0 saturated heterocycles. The highest BCUT2D eigenvalue weighted by atomic mass is 19.4. The Morgan fingerprint density at radius 3 is 2.27 bits per heavy atom. The zero-order valence-corrected chi connectivity index (χ0v) is 12.0. The van der Waals surface area contributed by atoms with Crippen LogP contribution in [0.3, 0.4) is 0 Å². The van der Waals surface area contributed by atoms with Gasteiger partial charge in [0.05, 0.1) is 5.56 Å². The van der Waals surface area contributed by atoms with Crippen molar-refractivity contribution in [3.8, 4) is 0 Å². The molecule has 2 rings (SSSR count). The topological polar surface area (TPSA) is 43.1 Å². The summed E-state index contributed by atoms with van der Waals surface area (Å²) in [5.74, 6) is -0.448. The van der Waals surface area contributed by atoms with E-state index in [0.717, 1.165) is 17.7 Å². The SMILES string of the molecule is CC[C@H](N)c1cccc(C(=O)c2cccc(C(F)(F)F)c2)c1. The molecule has 2 nitrogen and oxygen atoms in total. The molecule has 2 aromatic carbocycles. The second-order valence-corrected chi connectivity index (χ2v) is 5.05. The first-order chi connectivity index (χ1) is 10.3. The molecule has 0 radical (unpaired) electrons. The summed E-state index contributed by atoms with van der Waals surface area (Å²) in [4.78, 5) is 12.4. The van der Waals surface area contributed by atoms with Crippen molar-refractivity contribution in [2.24, 2.45) is 5.73 Å². The first kappa shape index (κ1) is 16.2. The monoisotopic (exact) mass is 307 g/mol. The third-order valence-corrected chi connectivity index (χ3v) is 3.47. The van der Waals surface area contributed by atoms with E-state index in [-0.39, 0.29) is 11.6 Å². The number of halogens is 3. The van der Waals surface area contributed by atoms with Crippen molar-refractivity contribution < 1.29 is 18.0 Å². The number of alkyl halides is 3. The van der Waals surface area contributed by atoms with Crippen LogP contribution in [0.1, 0.15) is 46.4 Å². The van der Waals surface area contributed by atoms with Gasteiger partial charge in [-0.3, -0.25) is 4.79 Å². The van der Waals surface area contributed by atoms with Crippen molar-refractivity contribution in [2.75, 3.05) is 0 Å². The average Bonchev–Trinajstić information content (AvgIpc) is 2.53. The first-order valence-corrected chi connectivity index (χ1v) is 6.90. The Morgan fingerprint density at radius 2 is 1.68 bits per heavy atom. The molecule has 0 unspecified atom stereocenters. The molecule has 2 aromatic rings. The van der Waals surface area contributed by atoms with Crippen LogP contribution in [0.2, 0.25) is 0 Å². The Balaban J connectivity index is 2.36. The highest BCUT2D eigenvalue weighted by molar-refractivity contribution is 6.09. The minimum Gasteiger partial charge on any atom is -0.324 e. The summed E-state index contributed by atoms with van der Waals surface area (Å²) in [5.41, 5.74) is 6.23. The van der Waals surface area contributed by atoms with Crippen LogP contribution in [0.15, 0.2) is 48.5 Å². The van der Waals surface area contributed by atoms with Gasteiger partial charge < -0.3 is 5.73 Å². The number of benzene rings is 2. The number of carbonyl (C=O) groups is 1. The molecule has 0 bridgehead atoms. The Hall–Kier alpha value is -2.14. The molecule has 1 atom stereocenters. The fraction of sp³-hybridized carbons (Fsp3) is 0.235. The summed E-state index contributed by atoms with van der Waals surface area (Å²) < 4.78 is 38.2. The van der Waals surface area contributed by atoms with Crippen LogP contribution in [-0.4, -0.2) is 5.78 Å². The van der Waals surface area contributed by atoms with E-state index in [1.807, 2.05) is 6.92 Å². The fourth-order valence-corrected chi connectivity index (χ4v) is 2.15. The fourth-order valence-electron chi connectivity index (χ4n) is 2.15. The van der Waals surface area contributed by atoms with Gasteiger partial charge in [0, 0.05) is 17.2 Å². The molecule has 0 aliphatic carbocycles. The van der Waals surface area contributed by atoms with E-state index < -0.39 is 17.5 Å². The highest BCUT2D eigenvalue weighted by Crippen LogP contribution is 2.30. The van der Waals surface area contributed by atoms with Crippen LogP contribution in [0, 0.1) is 0 Å². The highest BCUT2D eigenvalue weighted by Gasteiger charge is 2.31. The molecule has 0 amide bonds. The Morgan fingerprint density at radius 1 is 1.09 bits per heavy atom. The molecular weight excluding hydrogens is 291 g/mol. The second kappa shape index (κ2) is 6.32. The third-order valence-electron chi connectivity index (χ3n) is 3.47. The Kier molecular flexibility index (Phi) is 4.66. The lowest BCUT2D eigenvalue weighted by Gasteiger charge is -2.11. The number of rotatable bonds is 4. The first-order valence-electron chi connectivity index (χ1n) is 6.90. The predicted molar refractivity (Wildman–Crippen MR) is 78.5 cm³/mol. The summed E-state index contributed by atoms with van der Waals surface area (Å²) in [7, 11) is 0. The molecule has 0 heterocycles. The molecule has 2 N–H and O–H groups in total. The lowest BCUT2D eigenvalue weighted by molar-refractivity contribution is -0.137. The summed E-state index contributed by atoms with van der Waals surface area (Å²) >= 11 is 0. The van der Waals surface area contributed by atoms with Gasteiger partial charge in [-0.15, -0.1) is 0 Å². The van der Waals surface area contributed by atoms with Gasteiger partial charge in [0.15, 0.2) is 5.78 Å². The zero-order valence-electron chi connectivity index (χ0n) is 12.0. The average molecular weight is 307 g/mol. The summed E-state index contributed by atoms with van der Waals surface area (Å²) in [6.07, 6.45) is -3.76. The molecule has 0 aromatic heterocycles. The van der Waals surface area contributed by atoms with Crippen molar-refractivity contribution in [1.82, 2.24) is 0 Å². The third kappa shape index (κ3) is 3.54. The van der Waals surface area contributed by atoms with Crippen LogP contribution in [0.4, 0.5) is 13.2 Å². The lowest BCUT2D eigenvalue weighted by Crippen LogP contribution is -2.11. The van der Waals surface area contributed by atoms with E-state index in [4.69, 9.17) is 5.73 Å². The zero-order chi connectivity index (χ0) is 16.3. The standard InChI is InChI=1S/C17H16F3NO/c1-2-15(21)11-5-3-6-12(9-11)16(22)13-7-4-8-14(10-13)17(18,19)20/h3-10,15H,2,21H2,1H3/t15-/m0/s1. The maximum atomic E-state index is 12.7.